The van der Waals surface area contributed by atoms with E-state index in [-0.39, 0.29) is 11.8 Å². The molecule has 6 nitrogen and oxygen atoms in total. The van der Waals surface area contributed by atoms with E-state index in [1.165, 1.54) is 11.0 Å². The predicted molar refractivity (Wildman–Crippen MR) is 144 cm³/mol. The SMILES string of the molecule is C/C=C/c1ccc(OCCCn2c(C3CC(=O)N(c4ccccc4F)C3)nc3ccccc32)c(OC)c1. The standard InChI is InChI=1S/C30H30FN3O3/c1-3-9-21-14-15-27(28(18-21)36-2)37-17-8-16-33-26-13-7-5-11-24(26)32-30(33)22-19-29(35)34(20-22)25-12-6-4-10-23(25)31/h3-7,9-15,18,22H,8,16-17,19-20H2,1-2H3/b9-3+. The van der Waals surface area contributed by atoms with Gasteiger partial charge in [0.15, 0.2) is 11.5 Å². The molecule has 1 atom stereocenters. The van der Waals surface area contributed by atoms with Gasteiger partial charge in [-0.25, -0.2) is 9.37 Å². The van der Waals surface area contributed by atoms with Gasteiger partial charge in [-0.05, 0) is 55.3 Å². The zero-order valence-corrected chi connectivity index (χ0v) is 21.1. The number of aromatic nitrogens is 2. The fraction of sp³-hybridized carbons (Fsp3) is 0.267. The lowest BCUT2D eigenvalue weighted by Crippen LogP contribution is -2.25. The average Bonchev–Trinajstić information content (AvgIpc) is 3.48. The number of hydrogen-bond donors (Lipinski definition) is 0. The maximum Gasteiger partial charge on any atom is 0.227 e. The maximum absolute atomic E-state index is 14.4. The van der Waals surface area contributed by atoms with Gasteiger partial charge in [-0.3, -0.25) is 4.79 Å². The van der Waals surface area contributed by atoms with Crippen LogP contribution in [0.3, 0.4) is 0 Å². The summed E-state index contributed by atoms with van der Waals surface area (Å²) < 4.78 is 28.1. The largest absolute Gasteiger partial charge is 0.493 e. The molecule has 0 radical (unpaired) electrons. The van der Waals surface area contributed by atoms with Crippen molar-refractivity contribution in [1.29, 1.82) is 0 Å². The van der Waals surface area contributed by atoms with Crippen molar-refractivity contribution in [2.45, 2.75) is 32.2 Å². The summed E-state index contributed by atoms with van der Waals surface area (Å²) in [6, 6.07) is 20.3. The lowest BCUT2D eigenvalue weighted by atomic mass is 10.1. The van der Waals surface area contributed by atoms with Crippen LogP contribution in [0.1, 0.15) is 37.1 Å². The zero-order valence-electron chi connectivity index (χ0n) is 21.1. The Morgan fingerprint density at radius 3 is 2.70 bits per heavy atom. The van der Waals surface area contributed by atoms with Crippen LogP contribution < -0.4 is 14.4 Å². The Hall–Kier alpha value is -4.13. The average molecular weight is 500 g/mol. The number of carbonyl (C=O) groups is 1. The molecule has 37 heavy (non-hydrogen) atoms. The van der Waals surface area contributed by atoms with Crippen molar-refractivity contribution in [3.8, 4) is 11.5 Å². The van der Waals surface area contributed by atoms with Crippen molar-refractivity contribution in [3.05, 3.63) is 90.0 Å². The van der Waals surface area contributed by atoms with Crippen molar-refractivity contribution >= 4 is 28.7 Å². The van der Waals surface area contributed by atoms with E-state index in [2.05, 4.69) is 4.57 Å². The van der Waals surface area contributed by atoms with Crippen molar-refractivity contribution in [3.63, 3.8) is 0 Å². The van der Waals surface area contributed by atoms with Gasteiger partial charge in [0.25, 0.3) is 0 Å². The highest BCUT2D eigenvalue weighted by molar-refractivity contribution is 5.96. The van der Waals surface area contributed by atoms with E-state index in [1.54, 1.807) is 25.3 Å². The van der Waals surface area contributed by atoms with Gasteiger partial charge in [0, 0.05) is 25.4 Å². The Labute approximate surface area is 215 Å². The Morgan fingerprint density at radius 1 is 1.08 bits per heavy atom. The summed E-state index contributed by atoms with van der Waals surface area (Å²) in [7, 11) is 1.64. The molecule has 4 aromatic rings. The first-order valence-electron chi connectivity index (χ1n) is 12.5. The molecule has 0 saturated carbocycles. The number of imidazole rings is 1. The highest BCUT2D eigenvalue weighted by Crippen LogP contribution is 2.34. The number of nitrogens with zero attached hydrogens (tertiary/aromatic N) is 3. The molecule has 3 aromatic carbocycles. The highest BCUT2D eigenvalue weighted by Gasteiger charge is 2.35. The normalized spacial score (nSPS) is 15.7. The lowest BCUT2D eigenvalue weighted by molar-refractivity contribution is -0.117. The second kappa shape index (κ2) is 10.9. The molecule has 0 bridgehead atoms. The van der Waals surface area contributed by atoms with E-state index in [0.29, 0.717) is 43.3 Å². The minimum absolute atomic E-state index is 0.0921. The van der Waals surface area contributed by atoms with E-state index in [9.17, 15) is 9.18 Å². The molecule has 1 unspecified atom stereocenters. The van der Waals surface area contributed by atoms with Gasteiger partial charge in [0.2, 0.25) is 5.91 Å². The van der Waals surface area contributed by atoms with Gasteiger partial charge in [0.05, 0.1) is 30.4 Å². The number of allylic oxidation sites excluding steroid dienone is 1. The number of benzene rings is 3. The molecular formula is C30H30FN3O3. The summed E-state index contributed by atoms with van der Waals surface area (Å²) in [5.74, 6) is 1.64. The van der Waals surface area contributed by atoms with Crippen LogP contribution in [-0.4, -0.2) is 35.7 Å². The predicted octanol–water partition coefficient (Wildman–Crippen LogP) is 6.21. The number of carbonyl (C=O) groups excluding carboxylic acids is 1. The summed E-state index contributed by atoms with van der Waals surface area (Å²) in [4.78, 5) is 19.3. The number of halogens is 1. The minimum Gasteiger partial charge on any atom is -0.493 e. The van der Waals surface area contributed by atoms with E-state index in [1.807, 2.05) is 61.5 Å². The van der Waals surface area contributed by atoms with Gasteiger partial charge in [-0.1, -0.05) is 42.5 Å². The zero-order chi connectivity index (χ0) is 25.8. The lowest BCUT2D eigenvalue weighted by Gasteiger charge is -2.18. The number of ether oxygens (including phenoxy) is 2. The smallest absolute Gasteiger partial charge is 0.227 e. The van der Waals surface area contributed by atoms with Crippen LogP contribution in [0.4, 0.5) is 10.1 Å². The van der Waals surface area contributed by atoms with Gasteiger partial charge in [0.1, 0.15) is 11.6 Å². The van der Waals surface area contributed by atoms with Crippen LogP contribution in [0.2, 0.25) is 0 Å². The van der Waals surface area contributed by atoms with Crippen LogP contribution in [0, 0.1) is 5.82 Å². The van der Waals surface area contributed by atoms with Crippen LogP contribution >= 0.6 is 0 Å². The van der Waals surface area contributed by atoms with E-state index in [4.69, 9.17) is 14.5 Å². The first-order chi connectivity index (χ1) is 18.1. The van der Waals surface area contributed by atoms with Crippen LogP contribution in [-0.2, 0) is 11.3 Å². The number of amides is 1. The fourth-order valence-corrected chi connectivity index (χ4v) is 4.93. The number of fused-ring (bicyclic) bond motifs is 1. The molecule has 1 aromatic heterocycles. The molecule has 5 rings (SSSR count). The van der Waals surface area contributed by atoms with Crippen LogP contribution in [0.15, 0.2) is 72.8 Å². The third kappa shape index (κ3) is 5.07. The summed E-state index contributed by atoms with van der Waals surface area (Å²) in [5, 5.41) is 0. The Bertz CT molecular complexity index is 1450. The molecule has 190 valence electrons. The maximum atomic E-state index is 14.4. The third-order valence-corrected chi connectivity index (χ3v) is 6.65. The fourth-order valence-electron chi connectivity index (χ4n) is 4.93. The summed E-state index contributed by atoms with van der Waals surface area (Å²) >= 11 is 0. The summed E-state index contributed by atoms with van der Waals surface area (Å²) in [5.41, 5.74) is 3.27. The minimum atomic E-state index is -0.392. The monoisotopic (exact) mass is 499 g/mol. The molecular weight excluding hydrogens is 469 g/mol. The van der Waals surface area contributed by atoms with E-state index in [0.717, 1.165) is 28.8 Å². The van der Waals surface area contributed by atoms with Crippen molar-refractivity contribution in [1.82, 2.24) is 9.55 Å². The summed E-state index contributed by atoms with van der Waals surface area (Å²) in [6.07, 6.45) is 5.03. The first kappa shape index (κ1) is 24.6. The van der Waals surface area contributed by atoms with E-state index >= 15 is 0 Å². The second-order valence-corrected chi connectivity index (χ2v) is 9.08. The van der Waals surface area contributed by atoms with Gasteiger partial charge < -0.3 is 18.9 Å². The van der Waals surface area contributed by atoms with Crippen molar-refractivity contribution in [2.24, 2.45) is 0 Å². The Kier molecular flexibility index (Phi) is 7.21. The topological polar surface area (TPSA) is 56.6 Å². The van der Waals surface area contributed by atoms with Crippen molar-refractivity contribution in [2.75, 3.05) is 25.2 Å². The first-order valence-corrected chi connectivity index (χ1v) is 12.5. The van der Waals surface area contributed by atoms with Crippen LogP contribution in [0.25, 0.3) is 17.1 Å². The highest BCUT2D eigenvalue weighted by atomic mass is 19.1. The molecule has 0 spiro atoms. The molecule has 2 heterocycles. The molecule has 1 aliphatic heterocycles. The van der Waals surface area contributed by atoms with Gasteiger partial charge >= 0.3 is 0 Å². The van der Waals surface area contributed by atoms with Crippen molar-refractivity contribution < 1.29 is 18.7 Å². The number of methoxy groups -OCH3 is 1. The van der Waals surface area contributed by atoms with Gasteiger partial charge in [-0.15, -0.1) is 0 Å². The summed E-state index contributed by atoms with van der Waals surface area (Å²) in [6.45, 7) is 3.55. The Balaban J connectivity index is 1.33. The Morgan fingerprint density at radius 2 is 1.89 bits per heavy atom. The molecule has 1 fully saturated rings. The number of rotatable bonds is 9. The molecule has 0 aliphatic carbocycles. The van der Waals surface area contributed by atoms with Crippen LogP contribution in [0.5, 0.6) is 11.5 Å². The molecule has 1 amide bonds. The molecule has 7 heteroatoms. The third-order valence-electron chi connectivity index (χ3n) is 6.65. The number of aryl methyl sites for hydroxylation is 1. The molecule has 1 saturated heterocycles. The van der Waals surface area contributed by atoms with E-state index < -0.39 is 5.82 Å². The quantitative estimate of drug-likeness (QED) is 0.257. The molecule has 1 aliphatic rings. The van der Waals surface area contributed by atoms with Gasteiger partial charge in [-0.2, -0.15) is 0 Å². The second-order valence-electron chi connectivity index (χ2n) is 9.08. The number of hydrogen-bond acceptors (Lipinski definition) is 4. The molecule has 0 N–H and O–H groups in total. The number of para-hydroxylation sites is 3. The number of anilines is 1.